The fourth-order valence-corrected chi connectivity index (χ4v) is 3.28. The van der Waals surface area contributed by atoms with Gasteiger partial charge in [-0.15, -0.1) is 0 Å². The van der Waals surface area contributed by atoms with E-state index in [1.807, 2.05) is 39.5 Å². The minimum atomic E-state index is -0.0372. The van der Waals surface area contributed by atoms with E-state index in [0.717, 1.165) is 32.1 Å². The van der Waals surface area contributed by atoms with Crippen LogP contribution < -0.4 is 14.8 Å². The highest BCUT2D eigenvalue weighted by Gasteiger charge is 2.21. The van der Waals surface area contributed by atoms with Crippen LogP contribution in [0, 0.1) is 0 Å². The number of hydrogen-bond acceptors (Lipinski definition) is 6. The summed E-state index contributed by atoms with van der Waals surface area (Å²) in [5, 5.41) is 3.32. The minimum Gasteiger partial charge on any atom is -0.493 e. The molecule has 0 bridgehead atoms. The molecule has 0 aliphatic carbocycles. The van der Waals surface area contributed by atoms with Crippen molar-refractivity contribution in [3.8, 4) is 11.5 Å². The Balaban J connectivity index is 0.00000466. The molecule has 0 aliphatic rings. The maximum atomic E-state index is 13.2. The second-order valence-corrected chi connectivity index (χ2v) is 7.45. The Morgan fingerprint density at radius 3 is 2.41 bits per heavy atom. The molecule has 0 aliphatic heterocycles. The summed E-state index contributed by atoms with van der Waals surface area (Å²) in [5.74, 6) is 1.12. The summed E-state index contributed by atoms with van der Waals surface area (Å²) < 4.78 is 16.2. The molecule has 0 radical (unpaired) electrons. The maximum Gasteiger partial charge on any atom is 0.254 e. The van der Waals surface area contributed by atoms with Gasteiger partial charge in [-0.3, -0.25) is 4.79 Å². The summed E-state index contributed by atoms with van der Waals surface area (Å²) in [6.45, 7) is 12.6. The summed E-state index contributed by atoms with van der Waals surface area (Å²) in [7, 11) is 3.24. The summed E-state index contributed by atoms with van der Waals surface area (Å²) in [5.41, 5.74) is 0.572. The lowest BCUT2D eigenvalue weighted by Crippen LogP contribution is -2.38. The number of amides is 1. The first kappa shape index (κ1) is 29.9. The van der Waals surface area contributed by atoms with Gasteiger partial charge >= 0.3 is 0 Å². The van der Waals surface area contributed by atoms with Crippen molar-refractivity contribution in [2.45, 2.75) is 72.4 Å². The van der Waals surface area contributed by atoms with Crippen molar-refractivity contribution in [2.75, 3.05) is 40.5 Å². The number of ether oxygens (including phenoxy) is 3. The predicted molar refractivity (Wildman–Crippen MR) is 130 cm³/mol. The van der Waals surface area contributed by atoms with Gasteiger partial charge in [-0.2, -0.15) is 0 Å². The van der Waals surface area contributed by atoms with Gasteiger partial charge < -0.3 is 29.2 Å². The molecule has 1 atom stereocenters. The van der Waals surface area contributed by atoms with Crippen LogP contribution >= 0.6 is 0 Å². The number of aldehydes is 1. The van der Waals surface area contributed by atoms with E-state index in [0.29, 0.717) is 43.2 Å². The molecule has 7 heteroatoms. The summed E-state index contributed by atoms with van der Waals surface area (Å²) in [6, 6.07) is 5.51. The second kappa shape index (κ2) is 18.5. The third-order valence-electron chi connectivity index (χ3n) is 4.87. The highest BCUT2D eigenvalue weighted by atomic mass is 16.5. The van der Waals surface area contributed by atoms with E-state index in [1.165, 1.54) is 0 Å². The average Bonchev–Trinajstić information content (AvgIpc) is 2.80. The fourth-order valence-electron chi connectivity index (χ4n) is 3.28. The van der Waals surface area contributed by atoms with Crippen LogP contribution in [0.1, 0.15) is 70.7 Å². The fraction of sp³-hybridized carbons (Fsp3) is 0.680. The van der Waals surface area contributed by atoms with E-state index < -0.39 is 0 Å². The molecule has 184 valence electrons. The van der Waals surface area contributed by atoms with Crippen LogP contribution in [0.4, 0.5) is 0 Å². The van der Waals surface area contributed by atoms with Gasteiger partial charge in [0.25, 0.3) is 5.91 Å². The first-order valence-corrected chi connectivity index (χ1v) is 11.8. The van der Waals surface area contributed by atoms with Crippen molar-refractivity contribution < 1.29 is 23.8 Å². The van der Waals surface area contributed by atoms with E-state index in [1.54, 1.807) is 32.4 Å². The topological polar surface area (TPSA) is 77.1 Å². The largest absolute Gasteiger partial charge is 0.493 e. The van der Waals surface area contributed by atoms with Crippen LogP contribution in [-0.2, 0) is 9.53 Å². The van der Waals surface area contributed by atoms with Crippen LogP contribution in [0.5, 0.6) is 11.5 Å². The number of nitrogens with zero attached hydrogens (tertiary/aromatic N) is 1. The van der Waals surface area contributed by atoms with Gasteiger partial charge in [-0.05, 0) is 51.4 Å². The summed E-state index contributed by atoms with van der Waals surface area (Å²) in [6.07, 6.45) is 3.87. The molecule has 0 fully saturated rings. The SMILES string of the molecule is CC.CCN[C@@H](CC=O)CCCN(C(=O)c1ccc(OC)c(OCCCOC)c1)C(C)C. The molecule has 1 N–H and O–H groups in total. The van der Waals surface area contributed by atoms with Gasteiger partial charge in [-0.1, -0.05) is 20.8 Å². The number of benzene rings is 1. The van der Waals surface area contributed by atoms with Crippen molar-refractivity contribution in [1.29, 1.82) is 0 Å². The van der Waals surface area contributed by atoms with Crippen molar-refractivity contribution in [1.82, 2.24) is 10.2 Å². The lowest BCUT2D eigenvalue weighted by molar-refractivity contribution is -0.108. The van der Waals surface area contributed by atoms with E-state index >= 15 is 0 Å². The van der Waals surface area contributed by atoms with E-state index in [4.69, 9.17) is 14.2 Å². The molecule has 0 saturated heterocycles. The zero-order valence-electron chi connectivity index (χ0n) is 21.1. The summed E-state index contributed by atoms with van der Waals surface area (Å²) in [4.78, 5) is 25.9. The molecule has 0 spiro atoms. The zero-order valence-corrected chi connectivity index (χ0v) is 21.1. The molecular formula is C25H44N2O5. The molecule has 1 aromatic rings. The minimum absolute atomic E-state index is 0.0372. The molecule has 0 saturated carbocycles. The Labute approximate surface area is 194 Å². The molecular weight excluding hydrogens is 408 g/mol. The van der Waals surface area contributed by atoms with Crippen molar-refractivity contribution in [2.24, 2.45) is 0 Å². The van der Waals surface area contributed by atoms with Gasteiger partial charge in [0.15, 0.2) is 11.5 Å². The third-order valence-corrected chi connectivity index (χ3v) is 4.87. The molecule has 0 heterocycles. The van der Waals surface area contributed by atoms with Crippen molar-refractivity contribution in [3.05, 3.63) is 23.8 Å². The number of nitrogens with one attached hydrogen (secondary N) is 1. The standard InChI is InChI=1S/C23H38N2O5.C2H6/c1-6-24-20(12-14-26)9-7-13-25(18(2)3)23(27)19-10-11-21(29-5)22(17-19)30-16-8-15-28-4;1-2/h10-11,14,17-18,20,24H,6-9,12-13,15-16H2,1-5H3;1-2H3/t20-;/m1./s1. The first-order chi connectivity index (χ1) is 15.5. The normalized spacial score (nSPS) is 11.4. The van der Waals surface area contributed by atoms with Crippen LogP contribution in [0.3, 0.4) is 0 Å². The highest BCUT2D eigenvalue weighted by molar-refractivity contribution is 5.95. The highest BCUT2D eigenvalue weighted by Crippen LogP contribution is 2.29. The van der Waals surface area contributed by atoms with Gasteiger partial charge in [0.2, 0.25) is 0 Å². The van der Waals surface area contributed by atoms with E-state index in [2.05, 4.69) is 5.32 Å². The maximum absolute atomic E-state index is 13.2. The summed E-state index contributed by atoms with van der Waals surface area (Å²) >= 11 is 0. The monoisotopic (exact) mass is 452 g/mol. The van der Waals surface area contributed by atoms with E-state index in [9.17, 15) is 9.59 Å². The molecule has 1 aromatic carbocycles. The molecule has 0 aromatic heterocycles. The van der Waals surface area contributed by atoms with Gasteiger partial charge in [-0.25, -0.2) is 0 Å². The average molecular weight is 453 g/mol. The van der Waals surface area contributed by atoms with Crippen molar-refractivity contribution >= 4 is 12.2 Å². The van der Waals surface area contributed by atoms with Gasteiger partial charge in [0, 0.05) is 50.8 Å². The second-order valence-electron chi connectivity index (χ2n) is 7.45. The Morgan fingerprint density at radius 2 is 1.84 bits per heavy atom. The number of methoxy groups -OCH3 is 2. The number of hydrogen-bond donors (Lipinski definition) is 1. The van der Waals surface area contributed by atoms with Crippen molar-refractivity contribution in [3.63, 3.8) is 0 Å². The number of carbonyl (C=O) groups is 2. The Kier molecular flexibility index (Phi) is 17.2. The number of carbonyl (C=O) groups excluding carboxylic acids is 2. The Morgan fingerprint density at radius 1 is 1.12 bits per heavy atom. The molecule has 1 rings (SSSR count). The Hall–Kier alpha value is -2.12. The number of rotatable bonds is 16. The Bertz CT molecular complexity index is 637. The quantitative estimate of drug-likeness (QED) is 0.297. The first-order valence-electron chi connectivity index (χ1n) is 11.8. The van der Waals surface area contributed by atoms with Crippen LogP contribution in [0.25, 0.3) is 0 Å². The molecule has 32 heavy (non-hydrogen) atoms. The molecule has 0 unspecified atom stereocenters. The van der Waals surface area contributed by atoms with Crippen LogP contribution in [0.15, 0.2) is 18.2 Å². The lowest BCUT2D eigenvalue weighted by atomic mass is 10.1. The third kappa shape index (κ3) is 11.0. The molecule has 1 amide bonds. The molecule has 7 nitrogen and oxygen atoms in total. The zero-order chi connectivity index (χ0) is 24.4. The van der Waals surface area contributed by atoms with Crippen LogP contribution in [0.2, 0.25) is 0 Å². The van der Waals surface area contributed by atoms with E-state index in [-0.39, 0.29) is 18.0 Å². The van der Waals surface area contributed by atoms with Gasteiger partial charge in [0.1, 0.15) is 6.29 Å². The van der Waals surface area contributed by atoms with Gasteiger partial charge in [0.05, 0.1) is 13.7 Å². The smallest absolute Gasteiger partial charge is 0.254 e. The van der Waals surface area contributed by atoms with Crippen LogP contribution in [-0.4, -0.2) is 69.7 Å². The lowest BCUT2D eigenvalue weighted by Gasteiger charge is -2.28. The predicted octanol–water partition coefficient (Wildman–Crippen LogP) is 4.33.